The van der Waals surface area contributed by atoms with Crippen molar-refractivity contribution in [3.8, 4) is 5.75 Å². The molecule has 0 unspecified atom stereocenters. The molecule has 0 aliphatic heterocycles. The minimum atomic E-state index is -1.03. The van der Waals surface area contributed by atoms with Gasteiger partial charge in [-0.2, -0.15) is 0 Å². The van der Waals surface area contributed by atoms with Crippen molar-refractivity contribution in [3.05, 3.63) is 23.8 Å². The molecule has 0 saturated heterocycles. The number of rotatable bonds is 4. The molecule has 1 aromatic carbocycles. The fourth-order valence-corrected chi connectivity index (χ4v) is 2.93. The summed E-state index contributed by atoms with van der Waals surface area (Å²) in [5.74, 6) is -0.520. The Morgan fingerprint density at radius 1 is 1.33 bits per heavy atom. The Morgan fingerprint density at radius 2 is 1.96 bits per heavy atom. The highest BCUT2D eigenvalue weighted by molar-refractivity contribution is 5.87. The maximum absolute atomic E-state index is 11.8. The average Bonchev–Trinajstić information content (AvgIpc) is 2.41. The SMILES string of the molecule is COc1cc(NC(=O)OC(C)(C)C)ccc1C1(C(=O)O)CC(N)C1. The summed E-state index contributed by atoms with van der Waals surface area (Å²) in [5, 5.41) is 12.2. The van der Waals surface area contributed by atoms with E-state index in [0.717, 1.165) is 0 Å². The number of nitrogens with one attached hydrogen (secondary N) is 1. The lowest BCUT2D eigenvalue weighted by Gasteiger charge is -2.43. The molecule has 132 valence electrons. The van der Waals surface area contributed by atoms with Gasteiger partial charge in [0.25, 0.3) is 0 Å². The number of carboxylic acid groups (broad SMARTS) is 1. The third kappa shape index (κ3) is 3.62. The number of nitrogens with two attached hydrogens (primary N) is 1. The summed E-state index contributed by atoms with van der Waals surface area (Å²) >= 11 is 0. The number of hydrogen-bond acceptors (Lipinski definition) is 5. The van der Waals surface area contributed by atoms with Crippen LogP contribution >= 0.6 is 0 Å². The van der Waals surface area contributed by atoms with Crippen LogP contribution in [0.5, 0.6) is 5.75 Å². The lowest BCUT2D eigenvalue weighted by molar-refractivity contribution is -0.148. The Morgan fingerprint density at radius 3 is 2.42 bits per heavy atom. The third-order valence-corrected chi connectivity index (χ3v) is 3.99. The molecule has 0 radical (unpaired) electrons. The maximum atomic E-state index is 11.8. The van der Waals surface area contributed by atoms with Crippen LogP contribution in [-0.2, 0) is 14.9 Å². The first-order chi connectivity index (χ1) is 11.1. The van der Waals surface area contributed by atoms with E-state index in [9.17, 15) is 14.7 Å². The predicted molar refractivity (Wildman–Crippen MR) is 89.4 cm³/mol. The lowest BCUT2D eigenvalue weighted by Crippen LogP contribution is -2.54. The molecule has 24 heavy (non-hydrogen) atoms. The van der Waals surface area contributed by atoms with Crippen LogP contribution in [0.25, 0.3) is 0 Å². The van der Waals surface area contributed by atoms with Gasteiger partial charge in [-0.05, 0) is 39.7 Å². The summed E-state index contributed by atoms with van der Waals surface area (Å²) in [6.45, 7) is 5.31. The minimum absolute atomic E-state index is 0.134. The van der Waals surface area contributed by atoms with Gasteiger partial charge in [0.2, 0.25) is 0 Å². The van der Waals surface area contributed by atoms with Gasteiger partial charge in [-0.25, -0.2) is 4.79 Å². The molecular formula is C17H24N2O5. The van der Waals surface area contributed by atoms with Crippen molar-refractivity contribution in [2.75, 3.05) is 12.4 Å². The summed E-state index contributed by atoms with van der Waals surface area (Å²) in [6.07, 6.45) is 0.130. The monoisotopic (exact) mass is 336 g/mol. The first-order valence-electron chi connectivity index (χ1n) is 7.75. The molecule has 7 nitrogen and oxygen atoms in total. The van der Waals surface area contributed by atoms with E-state index in [4.69, 9.17) is 15.2 Å². The standard InChI is InChI=1S/C17H24N2O5/c1-16(2,3)24-15(22)19-11-5-6-12(13(7-11)23-4)17(14(20)21)8-10(18)9-17/h5-7,10H,8-9,18H2,1-4H3,(H,19,22)(H,20,21). The Kier molecular flexibility index (Phi) is 4.75. The van der Waals surface area contributed by atoms with Gasteiger partial charge < -0.3 is 20.3 Å². The second kappa shape index (κ2) is 6.32. The minimum Gasteiger partial charge on any atom is -0.496 e. The normalized spacial score (nSPS) is 23.1. The largest absolute Gasteiger partial charge is 0.496 e. The van der Waals surface area contributed by atoms with E-state index in [2.05, 4.69) is 5.32 Å². The van der Waals surface area contributed by atoms with Crippen LogP contribution in [-0.4, -0.2) is 35.9 Å². The number of amides is 1. The van der Waals surface area contributed by atoms with Gasteiger partial charge in [-0.15, -0.1) is 0 Å². The zero-order chi connectivity index (χ0) is 18.1. The van der Waals surface area contributed by atoms with Gasteiger partial charge in [0.1, 0.15) is 11.4 Å². The molecular weight excluding hydrogens is 312 g/mol. The molecule has 4 N–H and O–H groups in total. The molecule has 0 aromatic heterocycles. The van der Waals surface area contributed by atoms with Crippen LogP contribution in [0.4, 0.5) is 10.5 Å². The topological polar surface area (TPSA) is 111 Å². The average molecular weight is 336 g/mol. The van der Waals surface area contributed by atoms with Crippen LogP contribution in [0.15, 0.2) is 18.2 Å². The van der Waals surface area contributed by atoms with Crippen molar-refractivity contribution >= 4 is 17.7 Å². The lowest BCUT2D eigenvalue weighted by atomic mass is 9.61. The van der Waals surface area contributed by atoms with Gasteiger partial charge >= 0.3 is 12.1 Å². The van der Waals surface area contributed by atoms with Crippen LogP contribution in [0.3, 0.4) is 0 Å². The Bertz CT molecular complexity index is 645. The quantitative estimate of drug-likeness (QED) is 0.779. The molecule has 0 spiro atoms. The van der Waals surface area contributed by atoms with Crippen molar-refractivity contribution in [1.29, 1.82) is 0 Å². The second-order valence-corrected chi connectivity index (χ2v) is 7.10. The molecule has 0 atom stereocenters. The predicted octanol–water partition coefficient (Wildman–Crippen LogP) is 2.49. The fraction of sp³-hybridized carbons (Fsp3) is 0.529. The van der Waals surface area contributed by atoms with E-state index in [1.54, 1.807) is 39.0 Å². The Hall–Kier alpha value is -2.28. The maximum Gasteiger partial charge on any atom is 0.412 e. The fourth-order valence-electron chi connectivity index (χ4n) is 2.93. The molecule has 1 amide bonds. The van der Waals surface area contributed by atoms with Gasteiger partial charge in [-0.1, -0.05) is 6.07 Å². The number of carbonyl (C=O) groups is 2. The van der Waals surface area contributed by atoms with Crippen molar-refractivity contribution in [1.82, 2.24) is 0 Å². The number of carbonyl (C=O) groups excluding carboxylic acids is 1. The molecule has 7 heteroatoms. The van der Waals surface area contributed by atoms with E-state index in [1.165, 1.54) is 7.11 Å². The molecule has 0 bridgehead atoms. The number of ether oxygens (including phenoxy) is 2. The number of benzene rings is 1. The van der Waals surface area contributed by atoms with Crippen LogP contribution in [0.1, 0.15) is 39.2 Å². The van der Waals surface area contributed by atoms with E-state index < -0.39 is 23.1 Å². The molecule has 1 aromatic rings. The summed E-state index contributed by atoms with van der Waals surface area (Å²) in [6, 6.07) is 4.75. The van der Waals surface area contributed by atoms with Crippen molar-refractivity contribution in [2.24, 2.45) is 5.73 Å². The van der Waals surface area contributed by atoms with Crippen molar-refractivity contribution in [3.63, 3.8) is 0 Å². The summed E-state index contributed by atoms with van der Waals surface area (Å²) in [4.78, 5) is 23.6. The first-order valence-corrected chi connectivity index (χ1v) is 7.75. The molecule has 2 rings (SSSR count). The molecule has 1 aliphatic rings. The number of methoxy groups -OCH3 is 1. The zero-order valence-electron chi connectivity index (χ0n) is 14.4. The van der Waals surface area contributed by atoms with E-state index in [0.29, 0.717) is 29.8 Å². The van der Waals surface area contributed by atoms with Gasteiger partial charge in [0.15, 0.2) is 0 Å². The van der Waals surface area contributed by atoms with Gasteiger partial charge in [-0.3, -0.25) is 10.1 Å². The number of anilines is 1. The highest BCUT2D eigenvalue weighted by atomic mass is 16.6. The molecule has 1 aliphatic carbocycles. The molecule has 1 saturated carbocycles. The first kappa shape index (κ1) is 18.1. The summed E-state index contributed by atoms with van der Waals surface area (Å²) in [7, 11) is 1.46. The molecule has 1 fully saturated rings. The zero-order valence-corrected chi connectivity index (χ0v) is 14.4. The third-order valence-electron chi connectivity index (χ3n) is 3.99. The van der Waals surface area contributed by atoms with Gasteiger partial charge in [0.05, 0.1) is 12.5 Å². The van der Waals surface area contributed by atoms with Crippen LogP contribution < -0.4 is 15.8 Å². The smallest absolute Gasteiger partial charge is 0.412 e. The van der Waals surface area contributed by atoms with E-state index in [-0.39, 0.29) is 6.04 Å². The van der Waals surface area contributed by atoms with Gasteiger partial charge in [0, 0.05) is 23.4 Å². The highest BCUT2D eigenvalue weighted by Gasteiger charge is 2.52. The Labute approximate surface area is 141 Å². The van der Waals surface area contributed by atoms with E-state index in [1.807, 2.05) is 0 Å². The summed E-state index contributed by atoms with van der Waals surface area (Å²) < 4.78 is 10.5. The van der Waals surface area contributed by atoms with Crippen LogP contribution in [0, 0.1) is 0 Å². The second-order valence-electron chi connectivity index (χ2n) is 7.10. The van der Waals surface area contributed by atoms with E-state index >= 15 is 0 Å². The summed E-state index contributed by atoms with van der Waals surface area (Å²) in [5.41, 5.74) is 5.19. The Balaban J connectivity index is 2.25. The number of hydrogen-bond donors (Lipinski definition) is 3. The van der Waals surface area contributed by atoms with Crippen LogP contribution in [0.2, 0.25) is 0 Å². The number of aliphatic carboxylic acids is 1. The highest BCUT2D eigenvalue weighted by Crippen LogP contribution is 2.47. The van der Waals surface area contributed by atoms with Crippen molar-refractivity contribution in [2.45, 2.75) is 50.7 Å². The molecule has 0 heterocycles. The van der Waals surface area contributed by atoms with Crippen molar-refractivity contribution < 1.29 is 24.2 Å². The number of carboxylic acids is 1.